The largest absolute Gasteiger partial charge is 0.445 e. The Kier molecular flexibility index (Phi) is 14.5. The molecule has 0 bridgehead atoms. The van der Waals surface area contributed by atoms with E-state index < -0.39 is 117 Å². The number of carbonyl (C=O) groups is 1. The van der Waals surface area contributed by atoms with Crippen LogP contribution in [0.2, 0.25) is 0 Å². The molecule has 0 spiro atoms. The SMILES string of the molecule is NC[C@H]1C[C@H](O)[C@@H](N)[C@@H](O[C@H]2[C@@H](O)[C@H](O[C@@H]3[C@@H](O)[C@H](N(O)O)C[C@H](NC(=O)OCc4ccccc4)[C@H]3O[C@H]3O[C@H](CN)[C@@H](O)C[C@H]3N)O[C@@H]2CO)O1. The second-order valence-corrected chi connectivity index (χ2v) is 13.4. The number of nitrogens with two attached hydrogens (primary N) is 4. The first-order chi connectivity index (χ1) is 24.8. The van der Waals surface area contributed by atoms with Crippen molar-refractivity contribution in [3.05, 3.63) is 35.9 Å². The smallest absolute Gasteiger partial charge is 0.407 e. The number of ether oxygens (including phenoxy) is 7. The Hall–Kier alpha value is -2.23. The van der Waals surface area contributed by atoms with Crippen LogP contribution in [0.15, 0.2) is 30.3 Å². The Morgan fingerprint density at radius 3 is 2.13 bits per heavy atom. The fourth-order valence-corrected chi connectivity index (χ4v) is 6.86. The van der Waals surface area contributed by atoms with Crippen molar-refractivity contribution < 1.29 is 73.9 Å². The van der Waals surface area contributed by atoms with E-state index in [9.17, 15) is 40.7 Å². The zero-order chi connectivity index (χ0) is 37.7. The molecule has 0 unspecified atom stereocenters. The lowest BCUT2D eigenvalue weighted by molar-refractivity contribution is -0.368. The summed E-state index contributed by atoms with van der Waals surface area (Å²) >= 11 is 0. The summed E-state index contributed by atoms with van der Waals surface area (Å²) in [5.41, 5.74) is 24.6. The summed E-state index contributed by atoms with van der Waals surface area (Å²) in [7, 11) is 0. The van der Waals surface area contributed by atoms with E-state index in [4.69, 9.17) is 56.1 Å². The molecule has 1 aromatic rings. The minimum absolute atomic E-state index is 0.0148. The first-order valence-electron chi connectivity index (χ1n) is 17.2. The molecule has 3 aliphatic heterocycles. The summed E-state index contributed by atoms with van der Waals surface area (Å²) in [5.74, 6) is 0. The lowest BCUT2D eigenvalue weighted by Crippen LogP contribution is -2.67. The molecule has 1 amide bonds. The maximum atomic E-state index is 13.1. The van der Waals surface area contributed by atoms with Gasteiger partial charge in [0, 0.05) is 19.5 Å². The molecular weight excluding hydrogens is 696 g/mol. The lowest BCUT2D eigenvalue weighted by atomic mass is 9.83. The lowest BCUT2D eigenvalue weighted by Gasteiger charge is -2.48. The monoisotopic (exact) mass is 748 g/mol. The van der Waals surface area contributed by atoms with E-state index in [-0.39, 0.29) is 44.2 Å². The number of benzene rings is 1. The fourth-order valence-electron chi connectivity index (χ4n) is 6.86. The van der Waals surface area contributed by atoms with E-state index in [0.717, 1.165) is 0 Å². The van der Waals surface area contributed by atoms with Gasteiger partial charge in [0.1, 0.15) is 43.2 Å². The van der Waals surface area contributed by atoms with Crippen molar-refractivity contribution >= 4 is 6.09 Å². The zero-order valence-electron chi connectivity index (χ0n) is 28.3. The Balaban J connectivity index is 1.39. The molecule has 21 nitrogen and oxygen atoms in total. The Bertz CT molecular complexity index is 1260. The molecule has 296 valence electrons. The number of nitrogens with zero attached hydrogens (tertiary/aromatic N) is 1. The molecule has 1 saturated carbocycles. The molecular formula is C31H52N6O15. The van der Waals surface area contributed by atoms with E-state index in [2.05, 4.69) is 5.32 Å². The highest BCUT2D eigenvalue weighted by Gasteiger charge is 2.55. The second-order valence-electron chi connectivity index (χ2n) is 13.4. The first-order valence-corrected chi connectivity index (χ1v) is 17.2. The van der Waals surface area contributed by atoms with Gasteiger partial charge < -0.3 is 86.9 Å². The van der Waals surface area contributed by atoms with Crippen molar-refractivity contribution in [2.24, 2.45) is 22.9 Å². The Morgan fingerprint density at radius 2 is 1.48 bits per heavy atom. The van der Waals surface area contributed by atoms with Crippen molar-refractivity contribution in [3.8, 4) is 0 Å². The normalized spacial score (nSPS) is 42.7. The van der Waals surface area contributed by atoms with Crippen molar-refractivity contribution in [2.45, 2.75) is 130 Å². The second kappa shape index (κ2) is 18.4. The van der Waals surface area contributed by atoms with Gasteiger partial charge in [-0.1, -0.05) is 35.6 Å². The van der Waals surface area contributed by atoms with Gasteiger partial charge >= 0.3 is 6.09 Å². The highest BCUT2D eigenvalue weighted by atomic mass is 16.8. The third kappa shape index (κ3) is 9.52. The van der Waals surface area contributed by atoms with Gasteiger partial charge in [-0.05, 0) is 18.4 Å². The Morgan fingerprint density at radius 1 is 0.808 bits per heavy atom. The van der Waals surface area contributed by atoms with Gasteiger partial charge in [0.2, 0.25) is 0 Å². The third-order valence-electron chi connectivity index (χ3n) is 9.79. The van der Waals surface area contributed by atoms with Gasteiger partial charge in [-0.25, -0.2) is 4.79 Å². The highest BCUT2D eigenvalue weighted by molar-refractivity contribution is 5.67. The quantitative estimate of drug-likeness (QED) is 0.0843. The molecule has 1 aromatic carbocycles. The van der Waals surface area contributed by atoms with Crippen LogP contribution >= 0.6 is 0 Å². The number of aliphatic hydroxyl groups excluding tert-OH is 5. The molecule has 3 heterocycles. The fraction of sp³-hybridized carbons (Fsp3) is 0.774. The third-order valence-corrected chi connectivity index (χ3v) is 9.79. The zero-order valence-corrected chi connectivity index (χ0v) is 28.3. The van der Waals surface area contributed by atoms with Crippen molar-refractivity contribution in [1.82, 2.24) is 10.5 Å². The molecule has 16 N–H and O–H groups in total. The van der Waals surface area contributed by atoms with Crippen LogP contribution < -0.4 is 28.3 Å². The minimum atomic E-state index is -1.80. The van der Waals surface area contributed by atoms with E-state index in [1.54, 1.807) is 30.3 Å². The summed E-state index contributed by atoms with van der Waals surface area (Å²) in [5, 5.41) is 76.5. The summed E-state index contributed by atoms with van der Waals surface area (Å²) in [6.45, 7) is -0.844. The van der Waals surface area contributed by atoms with E-state index >= 15 is 0 Å². The van der Waals surface area contributed by atoms with Gasteiger partial charge in [-0.2, -0.15) is 0 Å². The van der Waals surface area contributed by atoms with Crippen LogP contribution in [-0.4, -0.2) is 171 Å². The minimum Gasteiger partial charge on any atom is -0.445 e. The van der Waals surface area contributed by atoms with Crippen LogP contribution in [0.5, 0.6) is 0 Å². The van der Waals surface area contributed by atoms with Gasteiger partial charge in [-0.15, -0.1) is 0 Å². The molecule has 5 rings (SSSR count). The van der Waals surface area contributed by atoms with E-state index in [1.165, 1.54) is 0 Å². The summed E-state index contributed by atoms with van der Waals surface area (Å²) < 4.78 is 41.1. The molecule has 4 aliphatic rings. The highest BCUT2D eigenvalue weighted by Crippen LogP contribution is 2.36. The van der Waals surface area contributed by atoms with Gasteiger partial charge in [0.15, 0.2) is 18.9 Å². The number of hydroxylamine groups is 2. The Labute approximate surface area is 299 Å². The number of hydrogen-bond donors (Lipinski definition) is 12. The molecule has 0 aromatic heterocycles. The summed E-state index contributed by atoms with van der Waals surface area (Å²) in [6, 6.07) is 4.12. The predicted molar refractivity (Wildman–Crippen MR) is 172 cm³/mol. The van der Waals surface area contributed by atoms with Crippen LogP contribution in [-0.2, 0) is 39.8 Å². The number of nitrogens with one attached hydrogen (secondary N) is 1. The number of hydrogen-bond acceptors (Lipinski definition) is 20. The van der Waals surface area contributed by atoms with E-state index in [0.29, 0.717) is 5.56 Å². The van der Waals surface area contributed by atoms with Crippen LogP contribution in [0, 0.1) is 0 Å². The van der Waals surface area contributed by atoms with Crippen molar-refractivity contribution in [3.63, 3.8) is 0 Å². The first kappa shape index (κ1) is 40.9. The number of rotatable bonds is 13. The van der Waals surface area contributed by atoms with Crippen LogP contribution in [0.25, 0.3) is 0 Å². The van der Waals surface area contributed by atoms with Gasteiger partial charge in [0.25, 0.3) is 0 Å². The predicted octanol–water partition coefficient (Wildman–Crippen LogP) is -4.75. The standard InChI is InChI=1S/C31H52N6O15/c32-9-14-6-19(40)22(35)29(47-14)51-26-21(11-38)49-30(24(26)42)52-27-23(41)17(37(44)45)8-16(36-31(43)46-12-13-4-2-1-3-5-13)25(27)50-28-15(34)7-18(39)20(10-33)48-28/h1-5,14-30,38-42,44-45H,6-12,32-35H2,(H,36,43)/t14-,15-,16+,17-,18+,19+,20-,21-,22-,23+,24-,25-,26-,27-,28-,29-,30+/m1/s1. The number of carbonyl (C=O) groups excluding carboxylic acids is 1. The van der Waals surface area contributed by atoms with Crippen molar-refractivity contribution in [2.75, 3.05) is 19.7 Å². The molecule has 21 heteroatoms. The van der Waals surface area contributed by atoms with E-state index in [1.807, 2.05) is 0 Å². The van der Waals surface area contributed by atoms with Crippen LogP contribution in [0.4, 0.5) is 4.79 Å². The van der Waals surface area contributed by atoms with Gasteiger partial charge in [-0.3, -0.25) is 10.4 Å². The van der Waals surface area contributed by atoms with Crippen LogP contribution in [0.1, 0.15) is 24.8 Å². The average molecular weight is 749 g/mol. The van der Waals surface area contributed by atoms with Gasteiger partial charge in [0.05, 0.1) is 55.2 Å². The average Bonchev–Trinajstić information content (AvgIpc) is 3.42. The summed E-state index contributed by atoms with van der Waals surface area (Å²) in [6.07, 6.45) is -18.0. The molecule has 4 fully saturated rings. The van der Waals surface area contributed by atoms with Crippen LogP contribution in [0.3, 0.4) is 0 Å². The maximum absolute atomic E-state index is 13.1. The molecule has 52 heavy (non-hydrogen) atoms. The molecule has 1 aliphatic carbocycles. The summed E-state index contributed by atoms with van der Waals surface area (Å²) in [4.78, 5) is 13.1. The molecule has 3 saturated heterocycles. The molecule has 17 atom stereocenters. The number of aliphatic hydroxyl groups is 5. The number of alkyl carbamates (subject to hydrolysis) is 1. The maximum Gasteiger partial charge on any atom is 0.407 e. The van der Waals surface area contributed by atoms with Crippen molar-refractivity contribution in [1.29, 1.82) is 0 Å². The number of amides is 1. The molecule has 0 radical (unpaired) electrons. The topological polar surface area (TPSA) is 343 Å².